The standard InChI is InChI=1S/C33H36F2N5O6PS/c1-2-38-13-12-24-9-10-27(32(43)39-17-22(16-36)25(18-39)20-6-4-3-5-7-20)40(24)31(42)26(19-38)37-30(41)29-15-21-14-23(8-11-28(21)48-29)33(34,35)47(44,45)46/h3-8,11,14-15,22,24-27H,2,9-10,12-13,17-19H2,1H3,(H,37,41)(H2,44,45,46)/t22-,24+,25+,26?,27-/m0/s1. The number of nitrogens with one attached hydrogen (secondary N) is 1. The van der Waals surface area contributed by atoms with Crippen LogP contribution in [-0.2, 0) is 19.8 Å². The number of carbonyl (C=O) groups is 3. The van der Waals surface area contributed by atoms with Crippen molar-refractivity contribution in [3.63, 3.8) is 0 Å². The minimum absolute atomic E-state index is 0.133. The zero-order valence-corrected chi connectivity index (χ0v) is 27.9. The molecule has 15 heteroatoms. The second-order valence-electron chi connectivity index (χ2n) is 12.6. The van der Waals surface area contributed by atoms with Gasteiger partial charge in [-0.3, -0.25) is 18.9 Å². The number of likely N-dealkylation sites (N-methyl/N-ethyl adjacent to an activating group) is 1. The van der Waals surface area contributed by atoms with Gasteiger partial charge in [0.2, 0.25) is 11.8 Å². The molecule has 3 N–H and O–H groups in total. The lowest BCUT2D eigenvalue weighted by Crippen LogP contribution is -2.60. The van der Waals surface area contributed by atoms with E-state index in [4.69, 9.17) is 9.79 Å². The fourth-order valence-corrected chi connectivity index (χ4v) is 8.60. The number of benzene rings is 2. The number of thiophene rings is 1. The van der Waals surface area contributed by atoms with Crippen LogP contribution in [0.5, 0.6) is 0 Å². The molecule has 3 aliphatic rings. The van der Waals surface area contributed by atoms with E-state index in [9.17, 15) is 33.0 Å². The minimum atomic E-state index is -5.78. The van der Waals surface area contributed by atoms with Gasteiger partial charge in [0.15, 0.2) is 0 Å². The van der Waals surface area contributed by atoms with Crippen LogP contribution in [0.15, 0.2) is 54.6 Å². The fourth-order valence-electron chi connectivity index (χ4n) is 7.18. The molecule has 3 saturated heterocycles. The largest absolute Gasteiger partial charge is 0.399 e. The third kappa shape index (κ3) is 6.37. The number of hydrogen-bond acceptors (Lipinski definition) is 7. The van der Waals surface area contributed by atoms with Gasteiger partial charge in [0.05, 0.1) is 16.9 Å². The van der Waals surface area contributed by atoms with Gasteiger partial charge in [-0.25, -0.2) is 0 Å². The number of rotatable bonds is 7. The van der Waals surface area contributed by atoms with E-state index in [0.29, 0.717) is 43.6 Å². The molecular formula is C33H36F2N5O6PS. The van der Waals surface area contributed by atoms with E-state index in [-0.39, 0.29) is 53.0 Å². The number of amides is 3. The maximum atomic E-state index is 14.4. The average molecular weight is 700 g/mol. The first-order valence-electron chi connectivity index (χ1n) is 15.9. The molecule has 1 aromatic heterocycles. The Morgan fingerprint density at radius 3 is 2.52 bits per heavy atom. The van der Waals surface area contributed by atoms with E-state index in [1.165, 1.54) is 12.1 Å². The lowest BCUT2D eigenvalue weighted by Gasteiger charge is -2.39. The van der Waals surface area contributed by atoms with E-state index < -0.39 is 36.8 Å². The van der Waals surface area contributed by atoms with Gasteiger partial charge in [0.1, 0.15) is 12.1 Å². The van der Waals surface area contributed by atoms with Crippen LogP contribution in [0.25, 0.3) is 10.1 Å². The first kappa shape index (κ1) is 34.1. The molecule has 6 rings (SSSR count). The molecule has 2 aromatic carbocycles. The van der Waals surface area contributed by atoms with Gasteiger partial charge in [0, 0.05) is 48.4 Å². The summed E-state index contributed by atoms with van der Waals surface area (Å²) >= 11 is 1.00. The molecule has 0 radical (unpaired) electrons. The van der Waals surface area contributed by atoms with E-state index in [0.717, 1.165) is 29.0 Å². The van der Waals surface area contributed by atoms with Gasteiger partial charge >= 0.3 is 13.3 Å². The zero-order valence-electron chi connectivity index (χ0n) is 26.2. The van der Waals surface area contributed by atoms with Crippen LogP contribution in [-0.4, -0.2) is 93.1 Å². The zero-order chi connectivity index (χ0) is 34.4. The van der Waals surface area contributed by atoms with Crippen molar-refractivity contribution in [3.8, 4) is 6.07 Å². The van der Waals surface area contributed by atoms with E-state index in [1.807, 2.05) is 37.3 Å². The van der Waals surface area contributed by atoms with E-state index in [1.54, 1.807) is 9.80 Å². The number of hydrogen-bond donors (Lipinski definition) is 3. The summed E-state index contributed by atoms with van der Waals surface area (Å²) in [6, 6.07) is 14.6. The summed E-state index contributed by atoms with van der Waals surface area (Å²) in [5.74, 6) is -1.68. The molecule has 3 fully saturated rings. The molecule has 0 spiro atoms. The summed E-state index contributed by atoms with van der Waals surface area (Å²) in [4.78, 5) is 65.7. The number of nitriles is 1. The lowest BCUT2D eigenvalue weighted by molar-refractivity contribution is -0.147. The first-order chi connectivity index (χ1) is 22.8. The SMILES string of the molecule is CCN1CC[C@H]2CC[C@@H](C(=O)N3C[C@H](c4ccccc4)[C@@H](C#N)C3)N2C(=O)C(NC(=O)c2cc3cc(C(F)(F)P(=O)(O)O)ccc3s2)C1. The molecule has 48 heavy (non-hydrogen) atoms. The third-order valence-corrected chi connectivity index (χ3v) is 11.9. The molecule has 254 valence electrons. The predicted molar refractivity (Wildman–Crippen MR) is 174 cm³/mol. The van der Waals surface area contributed by atoms with Gasteiger partial charge in [-0.15, -0.1) is 11.3 Å². The molecule has 3 aliphatic heterocycles. The molecule has 5 atom stereocenters. The first-order valence-corrected chi connectivity index (χ1v) is 18.3. The molecule has 4 heterocycles. The Kier molecular flexibility index (Phi) is 9.45. The van der Waals surface area contributed by atoms with Crippen molar-refractivity contribution in [2.24, 2.45) is 5.92 Å². The number of alkyl halides is 2. The summed E-state index contributed by atoms with van der Waals surface area (Å²) in [6.07, 6.45) is 1.79. The minimum Gasteiger partial charge on any atom is -0.339 e. The molecule has 3 aromatic rings. The second-order valence-corrected chi connectivity index (χ2v) is 15.4. The predicted octanol–water partition coefficient (Wildman–Crippen LogP) is 4.08. The Balaban J connectivity index is 1.22. The summed E-state index contributed by atoms with van der Waals surface area (Å²) in [6.45, 7) is 4.12. The number of carbonyl (C=O) groups excluding carboxylic acids is 3. The summed E-state index contributed by atoms with van der Waals surface area (Å²) in [5, 5.41) is 12.9. The Morgan fingerprint density at radius 2 is 1.83 bits per heavy atom. The monoisotopic (exact) mass is 699 g/mol. The second kappa shape index (κ2) is 13.3. The normalized spacial score (nSPS) is 25.4. The molecule has 0 aliphatic carbocycles. The highest BCUT2D eigenvalue weighted by Gasteiger charge is 2.51. The molecule has 1 unspecified atom stereocenters. The maximum Gasteiger partial charge on any atom is 0.399 e. The van der Waals surface area contributed by atoms with Gasteiger partial charge in [-0.1, -0.05) is 43.3 Å². The third-order valence-electron chi connectivity index (χ3n) is 9.79. The highest BCUT2D eigenvalue weighted by molar-refractivity contribution is 7.52. The van der Waals surface area contributed by atoms with Crippen LogP contribution in [0, 0.1) is 17.2 Å². The molecule has 3 amide bonds. The lowest BCUT2D eigenvalue weighted by atomic mass is 9.90. The highest BCUT2D eigenvalue weighted by atomic mass is 32.1. The van der Waals surface area contributed by atoms with E-state index in [2.05, 4.69) is 16.3 Å². The van der Waals surface area contributed by atoms with Crippen molar-refractivity contribution in [1.29, 1.82) is 5.26 Å². The van der Waals surface area contributed by atoms with Gasteiger partial charge in [-0.2, -0.15) is 14.0 Å². The quantitative estimate of drug-likeness (QED) is 0.312. The van der Waals surface area contributed by atoms with Gasteiger partial charge in [-0.05, 0) is 55.0 Å². The van der Waals surface area contributed by atoms with Crippen LogP contribution in [0.2, 0.25) is 0 Å². The smallest absolute Gasteiger partial charge is 0.339 e. The maximum absolute atomic E-state index is 14.4. The molecule has 11 nitrogen and oxygen atoms in total. The Bertz CT molecular complexity index is 1810. The van der Waals surface area contributed by atoms with Crippen LogP contribution in [0.3, 0.4) is 0 Å². The van der Waals surface area contributed by atoms with Crippen molar-refractivity contribution in [1.82, 2.24) is 20.0 Å². The van der Waals surface area contributed by atoms with Crippen LogP contribution < -0.4 is 5.32 Å². The van der Waals surface area contributed by atoms with Crippen LogP contribution in [0.4, 0.5) is 8.78 Å². The average Bonchev–Trinajstić information content (AvgIpc) is 3.81. The van der Waals surface area contributed by atoms with Crippen molar-refractivity contribution in [2.75, 3.05) is 32.7 Å². The van der Waals surface area contributed by atoms with Crippen LogP contribution in [0.1, 0.15) is 52.9 Å². The van der Waals surface area contributed by atoms with Gasteiger partial charge in [0.25, 0.3) is 5.91 Å². The van der Waals surface area contributed by atoms with Crippen LogP contribution >= 0.6 is 18.9 Å². The topological polar surface area (TPSA) is 154 Å². The number of likely N-dealkylation sites (tertiary alicyclic amines) is 1. The van der Waals surface area contributed by atoms with Gasteiger partial charge < -0.3 is 29.8 Å². The highest BCUT2D eigenvalue weighted by Crippen LogP contribution is 2.59. The molecule has 0 saturated carbocycles. The summed E-state index contributed by atoms with van der Waals surface area (Å²) in [5.41, 5.74) is -4.28. The Morgan fingerprint density at radius 1 is 1.08 bits per heavy atom. The number of fused-ring (bicyclic) bond motifs is 2. The Hall–Kier alpha value is -3.73. The van der Waals surface area contributed by atoms with Crippen molar-refractivity contribution >= 4 is 46.7 Å². The Labute approximate surface area is 280 Å². The summed E-state index contributed by atoms with van der Waals surface area (Å²) in [7, 11) is -5.78. The number of nitrogens with zero attached hydrogens (tertiary/aromatic N) is 4. The van der Waals surface area contributed by atoms with Crippen molar-refractivity contribution < 1.29 is 37.5 Å². The molecular weight excluding hydrogens is 663 g/mol. The summed E-state index contributed by atoms with van der Waals surface area (Å²) < 4.78 is 40.5. The van der Waals surface area contributed by atoms with Crippen molar-refractivity contribution in [2.45, 2.75) is 55.9 Å². The van der Waals surface area contributed by atoms with E-state index >= 15 is 0 Å². The number of halogens is 2. The van der Waals surface area contributed by atoms with Crippen molar-refractivity contribution in [3.05, 3.63) is 70.6 Å². The fraction of sp³-hybridized carbons (Fsp3) is 0.455. The molecule has 0 bridgehead atoms.